The van der Waals surface area contributed by atoms with Crippen molar-refractivity contribution in [2.24, 2.45) is 0 Å². The lowest BCUT2D eigenvalue weighted by Gasteiger charge is -2.01. The van der Waals surface area contributed by atoms with E-state index < -0.39 is 0 Å². The number of aromatic amines is 1. The summed E-state index contributed by atoms with van der Waals surface area (Å²) in [5.41, 5.74) is 2.35. The number of hydrogen-bond acceptors (Lipinski definition) is 2. The number of anilines is 1. The minimum atomic E-state index is -0.201. The van der Waals surface area contributed by atoms with Gasteiger partial charge in [-0.3, -0.25) is 10.1 Å². The number of carbonyl (C=O) groups excluding carboxylic acids is 1. The molecule has 0 aliphatic rings. The van der Waals surface area contributed by atoms with Crippen LogP contribution in [0.5, 0.6) is 0 Å². The van der Waals surface area contributed by atoms with E-state index in [0.717, 1.165) is 11.3 Å². The van der Waals surface area contributed by atoms with Gasteiger partial charge in [-0.05, 0) is 29.8 Å². The Morgan fingerprint density at radius 1 is 1.05 bits per heavy atom. The second kappa shape index (κ2) is 5.81. The van der Waals surface area contributed by atoms with Gasteiger partial charge in [-0.25, -0.2) is 4.98 Å². The zero-order chi connectivity index (χ0) is 14.7. The van der Waals surface area contributed by atoms with E-state index in [1.807, 2.05) is 30.3 Å². The number of carbonyl (C=O) groups is 1. The molecule has 0 unspecified atom stereocenters. The number of H-pyrrole nitrogens is 1. The predicted octanol–water partition coefficient (Wildman–Crippen LogP) is 3.98. The smallest absolute Gasteiger partial charge is 0.257 e. The molecule has 0 aliphatic heterocycles. The van der Waals surface area contributed by atoms with Gasteiger partial charge in [0, 0.05) is 10.6 Å². The van der Waals surface area contributed by atoms with Gasteiger partial charge < -0.3 is 4.98 Å². The molecule has 0 bridgehead atoms. The van der Waals surface area contributed by atoms with Gasteiger partial charge in [0.05, 0.1) is 11.9 Å². The van der Waals surface area contributed by atoms with Crippen LogP contribution in [0.15, 0.2) is 60.8 Å². The third-order valence-electron chi connectivity index (χ3n) is 3.00. The summed E-state index contributed by atoms with van der Waals surface area (Å²) in [5, 5.41) is 3.40. The van der Waals surface area contributed by atoms with Crippen LogP contribution in [0.3, 0.4) is 0 Å². The molecule has 0 spiro atoms. The Morgan fingerprint density at radius 2 is 1.76 bits per heavy atom. The van der Waals surface area contributed by atoms with Gasteiger partial charge in [0.1, 0.15) is 0 Å². The van der Waals surface area contributed by atoms with Crippen LogP contribution in [0.2, 0.25) is 5.02 Å². The molecule has 1 heterocycles. The first-order valence-corrected chi connectivity index (χ1v) is 6.77. The highest BCUT2D eigenvalue weighted by atomic mass is 35.5. The second-order valence-corrected chi connectivity index (χ2v) is 4.91. The van der Waals surface area contributed by atoms with E-state index in [0.29, 0.717) is 16.5 Å². The van der Waals surface area contributed by atoms with Crippen LogP contribution in [-0.4, -0.2) is 15.9 Å². The lowest BCUT2D eigenvalue weighted by atomic mass is 10.2. The number of rotatable bonds is 3. The zero-order valence-electron chi connectivity index (χ0n) is 11.0. The predicted molar refractivity (Wildman–Crippen MR) is 83.4 cm³/mol. The summed E-state index contributed by atoms with van der Waals surface area (Å²) in [4.78, 5) is 19.2. The second-order valence-electron chi connectivity index (χ2n) is 4.47. The molecule has 2 aromatic carbocycles. The van der Waals surface area contributed by atoms with Gasteiger partial charge in [0.2, 0.25) is 5.95 Å². The molecule has 3 rings (SSSR count). The number of benzene rings is 2. The maximum absolute atomic E-state index is 12.0. The van der Waals surface area contributed by atoms with E-state index in [1.54, 1.807) is 30.5 Å². The molecule has 1 aromatic heterocycles. The van der Waals surface area contributed by atoms with Crippen LogP contribution in [-0.2, 0) is 0 Å². The molecule has 0 radical (unpaired) electrons. The van der Waals surface area contributed by atoms with E-state index in [-0.39, 0.29) is 5.91 Å². The Balaban J connectivity index is 1.76. The molecule has 0 saturated heterocycles. The number of halogens is 1. The van der Waals surface area contributed by atoms with Crippen LogP contribution < -0.4 is 5.32 Å². The Kier molecular flexibility index (Phi) is 3.71. The van der Waals surface area contributed by atoms with E-state index in [1.165, 1.54) is 0 Å². The molecule has 104 valence electrons. The number of amides is 1. The average Bonchev–Trinajstić information content (AvgIpc) is 2.97. The Labute approximate surface area is 126 Å². The maximum atomic E-state index is 12.0. The fraction of sp³-hybridized carbons (Fsp3) is 0. The van der Waals surface area contributed by atoms with Crippen molar-refractivity contribution in [3.05, 3.63) is 71.4 Å². The molecule has 0 fully saturated rings. The SMILES string of the molecule is O=C(Nc1ncc(-c2ccc(Cl)cc2)[nH]1)c1ccccc1. The summed E-state index contributed by atoms with van der Waals surface area (Å²) in [5.74, 6) is 0.210. The summed E-state index contributed by atoms with van der Waals surface area (Å²) >= 11 is 5.86. The van der Waals surface area contributed by atoms with Crippen molar-refractivity contribution >= 4 is 23.5 Å². The Morgan fingerprint density at radius 3 is 2.48 bits per heavy atom. The Hall–Kier alpha value is -2.59. The highest BCUT2D eigenvalue weighted by Gasteiger charge is 2.08. The molecule has 21 heavy (non-hydrogen) atoms. The number of nitrogens with zero attached hydrogens (tertiary/aromatic N) is 1. The average molecular weight is 298 g/mol. The zero-order valence-corrected chi connectivity index (χ0v) is 11.8. The first kappa shape index (κ1) is 13.4. The summed E-state index contributed by atoms with van der Waals surface area (Å²) in [6, 6.07) is 16.4. The molecule has 0 atom stereocenters. The van der Waals surface area contributed by atoms with Crippen molar-refractivity contribution in [3.63, 3.8) is 0 Å². The highest BCUT2D eigenvalue weighted by molar-refractivity contribution is 6.30. The minimum Gasteiger partial charge on any atom is -0.324 e. The van der Waals surface area contributed by atoms with Crippen molar-refractivity contribution in [3.8, 4) is 11.3 Å². The summed E-state index contributed by atoms with van der Waals surface area (Å²) < 4.78 is 0. The van der Waals surface area contributed by atoms with Crippen molar-refractivity contribution in [2.75, 3.05) is 5.32 Å². The van der Waals surface area contributed by atoms with Crippen molar-refractivity contribution in [2.45, 2.75) is 0 Å². The quantitative estimate of drug-likeness (QED) is 0.768. The monoisotopic (exact) mass is 297 g/mol. The Bertz CT molecular complexity index is 751. The standard InChI is InChI=1S/C16H12ClN3O/c17-13-8-6-11(7-9-13)14-10-18-16(19-14)20-15(21)12-4-2-1-3-5-12/h1-10H,(H2,18,19,20,21). The lowest BCUT2D eigenvalue weighted by molar-refractivity contribution is 0.102. The third kappa shape index (κ3) is 3.12. The van der Waals surface area contributed by atoms with Gasteiger partial charge in [-0.1, -0.05) is 41.9 Å². The lowest BCUT2D eigenvalue weighted by Crippen LogP contribution is -2.12. The first-order chi connectivity index (χ1) is 10.2. The van der Waals surface area contributed by atoms with Crippen LogP contribution in [0.4, 0.5) is 5.95 Å². The number of aromatic nitrogens is 2. The normalized spacial score (nSPS) is 10.3. The molecule has 3 aromatic rings. The van der Waals surface area contributed by atoms with E-state index >= 15 is 0 Å². The van der Waals surface area contributed by atoms with Crippen molar-refractivity contribution in [1.82, 2.24) is 9.97 Å². The van der Waals surface area contributed by atoms with Crippen LogP contribution in [0.1, 0.15) is 10.4 Å². The third-order valence-corrected chi connectivity index (χ3v) is 3.25. The van der Waals surface area contributed by atoms with E-state index in [2.05, 4.69) is 15.3 Å². The van der Waals surface area contributed by atoms with Gasteiger partial charge in [-0.15, -0.1) is 0 Å². The minimum absolute atomic E-state index is 0.201. The van der Waals surface area contributed by atoms with Gasteiger partial charge in [-0.2, -0.15) is 0 Å². The molecule has 5 heteroatoms. The largest absolute Gasteiger partial charge is 0.324 e. The van der Waals surface area contributed by atoms with Crippen LogP contribution in [0.25, 0.3) is 11.3 Å². The summed E-state index contributed by atoms with van der Waals surface area (Å²) in [7, 11) is 0. The topological polar surface area (TPSA) is 57.8 Å². The molecule has 2 N–H and O–H groups in total. The molecule has 0 saturated carbocycles. The molecular weight excluding hydrogens is 286 g/mol. The highest BCUT2D eigenvalue weighted by Crippen LogP contribution is 2.20. The number of hydrogen-bond donors (Lipinski definition) is 2. The molecular formula is C16H12ClN3O. The van der Waals surface area contributed by atoms with Crippen LogP contribution >= 0.6 is 11.6 Å². The fourth-order valence-corrected chi connectivity index (χ4v) is 2.06. The molecule has 0 aliphatic carbocycles. The summed E-state index contributed by atoms with van der Waals surface area (Å²) in [6.45, 7) is 0. The van der Waals surface area contributed by atoms with Gasteiger partial charge in [0.25, 0.3) is 5.91 Å². The summed E-state index contributed by atoms with van der Waals surface area (Å²) in [6.07, 6.45) is 1.67. The number of nitrogens with one attached hydrogen (secondary N) is 2. The fourth-order valence-electron chi connectivity index (χ4n) is 1.93. The van der Waals surface area contributed by atoms with Gasteiger partial charge >= 0.3 is 0 Å². The molecule has 4 nitrogen and oxygen atoms in total. The van der Waals surface area contributed by atoms with Gasteiger partial charge in [0.15, 0.2) is 0 Å². The number of imidazole rings is 1. The van der Waals surface area contributed by atoms with Crippen molar-refractivity contribution < 1.29 is 4.79 Å². The van der Waals surface area contributed by atoms with E-state index in [9.17, 15) is 4.79 Å². The van der Waals surface area contributed by atoms with Crippen LogP contribution in [0, 0.1) is 0 Å². The maximum Gasteiger partial charge on any atom is 0.257 e. The molecule has 1 amide bonds. The van der Waals surface area contributed by atoms with Crippen molar-refractivity contribution in [1.29, 1.82) is 0 Å². The first-order valence-electron chi connectivity index (χ1n) is 6.40. The van der Waals surface area contributed by atoms with E-state index in [4.69, 9.17) is 11.6 Å².